The summed E-state index contributed by atoms with van der Waals surface area (Å²) in [4.78, 5) is 23.3. The molecule has 0 saturated heterocycles. The number of aromatic carboxylic acids is 1. The molecule has 0 aliphatic heterocycles. The van der Waals surface area contributed by atoms with E-state index in [1.165, 1.54) is 61.7 Å². The van der Waals surface area contributed by atoms with Crippen molar-refractivity contribution in [3.05, 3.63) is 111 Å². The molecular formula is C26H18ClF4NO4. The van der Waals surface area contributed by atoms with Crippen molar-refractivity contribution in [3.8, 4) is 11.1 Å². The third-order valence-corrected chi connectivity index (χ3v) is 6.64. The zero-order valence-corrected chi connectivity index (χ0v) is 19.3. The lowest BCUT2D eigenvalue weighted by molar-refractivity contribution is -0.274. The van der Waals surface area contributed by atoms with Crippen molar-refractivity contribution in [2.45, 2.75) is 24.6 Å². The lowest BCUT2D eigenvalue weighted by Gasteiger charge is -2.37. The molecule has 0 aliphatic carbocycles. The minimum atomic E-state index is -5.11. The van der Waals surface area contributed by atoms with Crippen molar-refractivity contribution in [1.29, 1.82) is 0 Å². The molecule has 0 spiro atoms. The summed E-state index contributed by atoms with van der Waals surface area (Å²) >= 11 is 6.01. The predicted molar refractivity (Wildman–Crippen MR) is 126 cm³/mol. The number of aromatic nitrogens is 1. The number of carbonyl (C=O) groups is 1. The van der Waals surface area contributed by atoms with E-state index in [0.717, 1.165) is 22.6 Å². The summed E-state index contributed by atoms with van der Waals surface area (Å²) in [5, 5.41) is 19.8. The number of pyridine rings is 2. The standard InChI is InChI=1S/C26H18ClF4NO4/c1-14(15-5-7-16(8-6-15)17-9-10-18(24(34)35)23(28)22(17)27)25(36,26(29,30)31)19-11-12-21(33)32-13-3-2-4-20(19)32/h2-14,36H,1H3,(H,34,35). The summed E-state index contributed by atoms with van der Waals surface area (Å²) < 4.78 is 58.7. The molecule has 0 aliphatic rings. The number of aliphatic hydroxyl groups is 1. The van der Waals surface area contributed by atoms with Gasteiger partial charge in [-0.1, -0.05) is 54.9 Å². The second kappa shape index (κ2) is 9.07. The Bertz CT molecular complexity index is 1530. The molecule has 2 unspecified atom stereocenters. The average Bonchev–Trinajstić information content (AvgIpc) is 2.84. The van der Waals surface area contributed by atoms with E-state index in [4.69, 9.17) is 16.7 Å². The molecular weight excluding hydrogens is 502 g/mol. The molecule has 5 nitrogen and oxygen atoms in total. The first-order chi connectivity index (χ1) is 16.9. The highest BCUT2D eigenvalue weighted by atomic mass is 35.5. The summed E-state index contributed by atoms with van der Waals surface area (Å²) in [6.45, 7) is 1.21. The number of fused-ring (bicyclic) bond motifs is 1. The molecule has 2 aromatic heterocycles. The number of alkyl halides is 3. The van der Waals surface area contributed by atoms with Crippen LogP contribution in [0.1, 0.15) is 34.3 Å². The minimum Gasteiger partial charge on any atom is -0.478 e. The Balaban J connectivity index is 1.81. The Hall–Kier alpha value is -3.69. The van der Waals surface area contributed by atoms with Gasteiger partial charge >= 0.3 is 12.1 Å². The first-order valence-electron chi connectivity index (χ1n) is 10.6. The monoisotopic (exact) mass is 519 g/mol. The maximum absolute atomic E-state index is 14.5. The quantitative estimate of drug-likeness (QED) is 0.316. The van der Waals surface area contributed by atoms with E-state index < -0.39 is 51.2 Å². The van der Waals surface area contributed by atoms with Crippen LogP contribution in [-0.2, 0) is 5.60 Å². The van der Waals surface area contributed by atoms with E-state index in [-0.39, 0.29) is 16.6 Å². The smallest absolute Gasteiger partial charge is 0.422 e. The largest absolute Gasteiger partial charge is 0.478 e. The van der Waals surface area contributed by atoms with Gasteiger partial charge in [-0.2, -0.15) is 13.2 Å². The molecule has 36 heavy (non-hydrogen) atoms. The van der Waals surface area contributed by atoms with Gasteiger partial charge in [-0.3, -0.25) is 9.20 Å². The molecule has 4 rings (SSSR count). The van der Waals surface area contributed by atoms with Crippen LogP contribution in [0.4, 0.5) is 17.6 Å². The Morgan fingerprint density at radius 3 is 2.28 bits per heavy atom. The van der Waals surface area contributed by atoms with Crippen molar-refractivity contribution in [3.63, 3.8) is 0 Å². The van der Waals surface area contributed by atoms with Crippen molar-refractivity contribution in [2.24, 2.45) is 0 Å². The summed E-state index contributed by atoms with van der Waals surface area (Å²) in [6.07, 6.45) is -3.80. The Labute approximate surface area is 206 Å². The van der Waals surface area contributed by atoms with Gasteiger partial charge in [0.15, 0.2) is 11.4 Å². The number of nitrogens with zero attached hydrogens (tertiary/aromatic N) is 1. The predicted octanol–water partition coefficient (Wildman–Crippen LogP) is 6.01. The first-order valence-corrected chi connectivity index (χ1v) is 11.0. The van der Waals surface area contributed by atoms with Crippen LogP contribution in [0.2, 0.25) is 5.02 Å². The molecule has 2 aromatic carbocycles. The highest BCUT2D eigenvalue weighted by molar-refractivity contribution is 6.33. The molecule has 0 saturated carbocycles. The van der Waals surface area contributed by atoms with Crippen molar-refractivity contribution in [2.75, 3.05) is 0 Å². The number of hydrogen-bond acceptors (Lipinski definition) is 3. The van der Waals surface area contributed by atoms with E-state index in [0.29, 0.717) is 5.56 Å². The molecule has 4 aromatic rings. The fourth-order valence-corrected chi connectivity index (χ4v) is 4.53. The summed E-state index contributed by atoms with van der Waals surface area (Å²) in [6, 6.07) is 14.0. The minimum absolute atomic E-state index is 0.0888. The van der Waals surface area contributed by atoms with E-state index in [1.807, 2.05) is 0 Å². The summed E-state index contributed by atoms with van der Waals surface area (Å²) in [7, 11) is 0. The molecule has 2 atom stereocenters. The third-order valence-electron chi connectivity index (χ3n) is 6.27. The molecule has 186 valence electrons. The zero-order valence-electron chi connectivity index (χ0n) is 18.6. The highest BCUT2D eigenvalue weighted by Gasteiger charge is 2.59. The van der Waals surface area contributed by atoms with E-state index in [9.17, 15) is 32.3 Å². The Kier molecular flexibility index (Phi) is 6.40. The van der Waals surface area contributed by atoms with Crippen molar-refractivity contribution in [1.82, 2.24) is 4.40 Å². The summed E-state index contributed by atoms with van der Waals surface area (Å²) in [5.41, 5.74) is -4.50. The number of hydrogen-bond donors (Lipinski definition) is 2. The molecule has 0 amide bonds. The fourth-order valence-electron chi connectivity index (χ4n) is 4.26. The highest BCUT2D eigenvalue weighted by Crippen LogP contribution is 2.49. The van der Waals surface area contributed by atoms with Gasteiger partial charge in [-0.05, 0) is 35.4 Å². The van der Waals surface area contributed by atoms with Gasteiger partial charge in [0.25, 0.3) is 5.56 Å². The number of halogens is 5. The van der Waals surface area contributed by atoms with Crippen molar-refractivity contribution >= 4 is 23.1 Å². The van der Waals surface area contributed by atoms with Crippen LogP contribution < -0.4 is 5.56 Å². The van der Waals surface area contributed by atoms with Crippen LogP contribution in [0.5, 0.6) is 0 Å². The molecule has 2 N–H and O–H groups in total. The first kappa shape index (κ1) is 25.4. The van der Waals surface area contributed by atoms with Gasteiger partial charge < -0.3 is 10.2 Å². The lowest BCUT2D eigenvalue weighted by atomic mass is 9.77. The van der Waals surface area contributed by atoms with Crippen LogP contribution in [-0.4, -0.2) is 26.8 Å². The molecule has 0 fully saturated rings. The van der Waals surface area contributed by atoms with Crippen LogP contribution >= 0.6 is 11.6 Å². The van der Waals surface area contributed by atoms with E-state index in [1.54, 1.807) is 0 Å². The molecule has 2 heterocycles. The van der Waals surface area contributed by atoms with Gasteiger partial charge in [0, 0.05) is 29.3 Å². The topological polar surface area (TPSA) is 79.0 Å². The number of carboxylic acids is 1. The van der Waals surface area contributed by atoms with E-state index >= 15 is 0 Å². The molecule has 0 radical (unpaired) electrons. The maximum atomic E-state index is 14.5. The number of rotatable bonds is 5. The Morgan fingerprint density at radius 1 is 1.00 bits per heavy atom. The van der Waals surface area contributed by atoms with Crippen LogP contribution in [0.25, 0.3) is 16.6 Å². The van der Waals surface area contributed by atoms with Gasteiger partial charge in [0.1, 0.15) is 0 Å². The van der Waals surface area contributed by atoms with Crippen LogP contribution in [0.15, 0.2) is 77.7 Å². The van der Waals surface area contributed by atoms with Gasteiger partial charge in [-0.15, -0.1) is 0 Å². The SMILES string of the molecule is CC(c1ccc(-c2ccc(C(=O)O)c(F)c2Cl)cc1)C(O)(c1ccc(=O)n2ccccc12)C(F)(F)F. The van der Waals surface area contributed by atoms with Crippen LogP contribution in [0.3, 0.4) is 0 Å². The van der Waals surface area contributed by atoms with Crippen molar-refractivity contribution < 1.29 is 32.6 Å². The number of carboxylic acid groups (broad SMARTS) is 1. The lowest BCUT2D eigenvalue weighted by Crippen LogP contribution is -2.47. The third kappa shape index (κ3) is 4.04. The number of benzene rings is 2. The van der Waals surface area contributed by atoms with Gasteiger partial charge in [0.05, 0.1) is 16.1 Å². The second-order valence-corrected chi connectivity index (χ2v) is 8.62. The molecule has 10 heteroatoms. The maximum Gasteiger partial charge on any atom is 0.422 e. The van der Waals surface area contributed by atoms with Gasteiger partial charge in [0.2, 0.25) is 0 Å². The Morgan fingerprint density at radius 2 is 1.67 bits per heavy atom. The van der Waals surface area contributed by atoms with Crippen LogP contribution in [0, 0.1) is 5.82 Å². The fraction of sp³-hybridized carbons (Fsp3) is 0.154. The van der Waals surface area contributed by atoms with Gasteiger partial charge in [-0.25, -0.2) is 9.18 Å². The summed E-state index contributed by atoms with van der Waals surface area (Å²) in [5.74, 6) is -4.14. The zero-order chi connectivity index (χ0) is 26.4. The normalized spacial score (nSPS) is 14.4. The van der Waals surface area contributed by atoms with E-state index in [2.05, 4.69) is 0 Å². The molecule has 0 bridgehead atoms. The average molecular weight is 520 g/mol. The second-order valence-electron chi connectivity index (χ2n) is 8.24.